The molecule has 0 unspecified atom stereocenters. The molecule has 0 spiro atoms. The summed E-state index contributed by atoms with van der Waals surface area (Å²) in [4.78, 5) is 23.1. The monoisotopic (exact) mass is 290 g/mol. The Hall–Kier alpha value is -2.04. The van der Waals surface area contributed by atoms with Crippen molar-refractivity contribution >= 4 is 12.0 Å². The van der Waals surface area contributed by atoms with E-state index in [1.165, 1.54) is 25.7 Å². The number of urea groups is 1. The largest absolute Gasteiger partial charge is 0.479 e. The predicted molar refractivity (Wildman–Crippen MR) is 79.9 cm³/mol. The molecule has 5 heteroatoms. The van der Waals surface area contributed by atoms with Crippen molar-refractivity contribution in [2.75, 3.05) is 6.54 Å². The van der Waals surface area contributed by atoms with Gasteiger partial charge >= 0.3 is 12.0 Å². The SMILES string of the molecule is O=C(NCCC1CCCC1)N[C@H](C(=O)O)c1ccccc1. The predicted octanol–water partition coefficient (Wildman–Crippen LogP) is 2.69. The normalized spacial score (nSPS) is 16.4. The van der Waals surface area contributed by atoms with Crippen LogP contribution in [0, 0.1) is 5.92 Å². The lowest BCUT2D eigenvalue weighted by molar-refractivity contribution is -0.139. The second-order valence-electron chi connectivity index (χ2n) is 5.52. The summed E-state index contributed by atoms with van der Waals surface area (Å²) in [7, 11) is 0. The third-order valence-electron chi connectivity index (χ3n) is 3.97. The molecule has 1 atom stereocenters. The van der Waals surface area contributed by atoms with Gasteiger partial charge in [-0.1, -0.05) is 56.0 Å². The van der Waals surface area contributed by atoms with E-state index in [1.807, 2.05) is 6.07 Å². The molecule has 0 bridgehead atoms. The van der Waals surface area contributed by atoms with Crippen LogP contribution >= 0.6 is 0 Å². The van der Waals surface area contributed by atoms with E-state index in [4.69, 9.17) is 0 Å². The molecule has 0 aromatic heterocycles. The Balaban J connectivity index is 1.80. The molecule has 1 aliphatic rings. The summed E-state index contributed by atoms with van der Waals surface area (Å²) in [6.45, 7) is 0.595. The Morgan fingerprint density at radius 3 is 2.48 bits per heavy atom. The molecule has 2 amide bonds. The highest BCUT2D eigenvalue weighted by Gasteiger charge is 2.22. The summed E-state index contributed by atoms with van der Waals surface area (Å²) in [5, 5.41) is 14.5. The number of carbonyl (C=O) groups is 2. The Kier molecular flexibility index (Phi) is 5.60. The summed E-state index contributed by atoms with van der Waals surface area (Å²) in [5.41, 5.74) is 0.566. The Labute approximate surface area is 124 Å². The molecule has 5 nitrogen and oxygen atoms in total. The molecule has 21 heavy (non-hydrogen) atoms. The lowest BCUT2D eigenvalue weighted by atomic mass is 10.0. The highest BCUT2D eigenvalue weighted by atomic mass is 16.4. The van der Waals surface area contributed by atoms with Crippen molar-refractivity contribution in [3.8, 4) is 0 Å². The zero-order valence-electron chi connectivity index (χ0n) is 12.0. The van der Waals surface area contributed by atoms with Gasteiger partial charge in [-0.3, -0.25) is 0 Å². The Morgan fingerprint density at radius 1 is 1.19 bits per heavy atom. The molecule has 1 saturated carbocycles. The van der Waals surface area contributed by atoms with E-state index >= 15 is 0 Å². The Morgan fingerprint density at radius 2 is 1.86 bits per heavy atom. The topological polar surface area (TPSA) is 78.4 Å². The average molecular weight is 290 g/mol. The van der Waals surface area contributed by atoms with Gasteiger partial charge in [0.15, 0.2) is 6.04 Å². The highest BCUT2D eigenvalue weighted by molar-refractivity contribution is 5.83. The van der Waals surface area contributed by atoms with Crippen LogP contribution in [-0.4, -0.2) is 23.7 Å². The van der Waals surface area contributed by atoms with Crippen molar-refractivity contribution in [2.45, 2.75) is 38.1 Å². The summed E-state index contributed by atoms with van der Waals surface area (Å²) in [5.74, 6) is -0.359. The maximum Gasteiger partial charge on any atom is 0.330 e. The van der Waals surface area contributed by atoms with E-state index in [0.29, 0.717) is 18.0 Å². The van der Waals surface area contributed by atoms with Gasteiger partial charge in [-0.25, -0.2) is 9.59 Å². The number of nitrogens with one attached hydrogen (secondary N) is 2. The first-order valence-corrected chi connectivity index (χ1v) is 7.49. The fraction of sp³-hybridized carbons (Fsp3) is 0.500. The number of carboxylic acid groups (broad SMARTS) is 1. The van der Waals surface area contributed by atoms with E-state index in [0.717, 1.165) is 6.42 Å². The van der Waals surface area contributed by atoms with Gasteiger partial charge in [0.25, 0.3) is 0 Å². The molecule has 0 aliphatic heterocycles. The summed E-state index contributed by atoms with van der Waals surface area (Å²) < 4.78 is 0. The van der Waals surface area contributed by atoms with Gasteiger partial charge < -0.3 is 15.7 Å². The van der Waals surface area contributed by atoms with Gasteiger partial charge in [0, 0.05) is 6.54 Å². The standard InChI is InChI=1S/C16H22N2O3/c19-15(20)14(13-8-2-1-3-9-13)18-16(21)17-11-10-12-6-4-5-7-12/h1-3,8-9,12,14H,4-7,10-11H2,(H,19,20)(H2,17,18,21)/t14-/m0/s1. The second kappa shape index (κ2) is 7.67. The number of carbonyl (C=O) groups excluding carboxylic acids is 1. The van der Waals surface area contributed by atoms with Crippen LogP contribution in [0.2, 0.25) is 0 Å². The van der Waals surface area contributed by atoms with E-state index in [2.05, 4.69) is 10.6 Å². The average Bonchev–Trinajstić information content (AvgIpc) is 2.98. The highest BCUT2D eigenvalue weighted by Crippen LogP contribution is 2.26. The molecule has 1 aromatic carbocycles. The quantitative estimate of drug-likeness (QED) is 0.753. The van der Waals surface area contributed by atoms with E-state index in [9.17, 15) is 14.7 Å². The number of aliphatic carboxylic acids is 1. The smallest absolute Gasteiger partial charge is 0.330 e. The van der Waals surface area contributed by atoms with Crippen molar-refractivity contribution < 1.29 is 14.7 Å². The van der Waals surface area contributed by atoms with Crippen LogP contribution in [-0.2, 0) is 4.79 Å². The van der Waals surface area contributed by atoms with Crippen LogP contribution in [0.4, 0.5) is 4.79 Å². The lowest BCUT2D eigenvalue weighted by Gasteiger charge is -2.16. The first kappa shape index (κ1) is 15.4. The summed E-state index contributed by atoms with van der Waals surface area (Å²) in [6, 6.07) is 7.26. The third-order valence-corrected chi connectivity index (χ3v) is 3.97. The van der Waals surface area contributed by atoms with Gasteiger partial charge in [0.05, 0.1) is 0 Å². The number of carboxylic acids is 1. The number of amides is 2. The first-order valence-electron chi connectivity index (χ1n) is 7.49. The molecule has 1 aromatic rings. The number of hydrogen-bond donors (Lipinski definition) is 3. The van der Waals surface area contributed by atoms with Gasteiger partial charge in [-0.05, 0) is 17.9 Å². The second-order valence-corrected chi connectivity index (χ2v) is 5.52. The summed E-state index contributed by atoms with van der Waals surface area (Å²) >= 11 is 0. The molecule has 1 fully saturated rings. The van der Waals surface area contributed by atoms with Gasteiger partial charge in [0.2, 0.25) is 0 Å². The molecule has 1 aliphatic carbocycles. The zero-order valence-corrected chi connectivity index (χ0v) is 12.0. The van der Waals surface area contributed by atoms with Gasteiger partial charge in [0.1, 0.15) is 0 Å². The Bertz CT molecular complexity index is 470. The minimum absolute atomic E-state index is 0.427. The fourth-order valence-corrected chi connectivity index (χ4v) is 2.80. The number of hydrogen-bond acceptors (Lipinski definition) is 2. The molecule has 0 radical (unpaired) electrons. The van der Waals surface area contributed by atoms with Crippen molar-refractivity contribution in [1.29, 1.82) is 0 Å². The van der Waals surface area contributed by atoms with Crippen molar-refractivity contribution in [3.63, 3.8) is 0 Å². The lowest BCUT2D eigenvalue weighted by Crippen LogP contribution is -2.41. The van der Waals surface area contributed by atoms with Crippen LogP contribution in [0.5, 0.6) is 0 Å². The van der Waals surface area contributed by atoms with Gasteiger partial charge in [-0.15, -0.1) is 0 Å². The fourth-order valence-electron chi connectivity index (χ4n) is 2.80. The molecule has 0 heterocycles. The molecule has 0 saturated heterocycles. The van der Waals surface area contributed by atoms with E-state index in [1.54, 1.807) is 24.3 Å². The first-order chi connectivity index (χ1) is 10.2. The number of rotatable bonds is 6. The van der Waals surface area contributed by atoms with Crippen LogP contribution < -0.4 is 10.6 Å². The maximum atomic E-state index is 11.8. The van der Waals surface area contributed by atoms with Crippen LogP contribution in [0.15, 0.2) is 30.3 Å². The van der Waals surface area contributed by atoms with Crippen molar-refractivity contribution in [2.24, 2.45) is 5.92 Å². The van der Waals surface area contributed by atoms with E-state index in [-0.39, 0.29) is 0 Å². The maximum absolute atomic E-state index is 11.8. The molecule has 114 valence electrons. The zero-order chi connectivity index (χ0) is 15.1. The molecular formula is C16H22N2O3. The van der Waals surface area contributed by atoms with E-state index < -0.39 is 18.0 Å². The van der Waals surface area contributed by atoms with Crippen LogP contribution in [0.1, 0.15) is 43.7 Å². The van der Waals surface area contributed by atoms with Crippen LogP contribution in [0.3, 0.4) is 0 Å². The summed E-state index contributed by atoms with van der Waals surface area (Å²) in [6.07, 6.45) is 6.02. The number of benzene rings is 1. The van der Waals surface area contributed by atoms with Crippen molar-refractivity contribution in [3.05, 3.63) is 35.9 Å². The van der Waals surface area contributed by atoms with Crippen molar-refractivity contribution in [1.82, 2.24) is 10.6 Å². The van der Waals surface area contributed by atoms with Gasteiger partial charge in [-0.2, -0.15) is 0 Å². The molecule has 3 N–H and O–H groups in total. The van der Waals surface area contributed by atoms with Crippen LogP contribution in [0.25, 0.3) is 0 Å². The third kappa shape index (κ3) is 4.77. The molecule has 2 rings (SSSR count). The minimum Gasteiger partial charge on any atom is -0.479 e. The molecular weight excluding hydrogens is 268 g/mol. The minimum atomic E-state index is -1.06.